The number of hydrogen-bond donors (Lipinski definition) is 2. The standard InChI is InChI=1S/C21H20FN3O3/c22-13-6-8-14(9-7-13)23-21(28)24-15-10-11-17-18(12-15)20(27)25(19(17)26)16-4-2-1-3-5-16/h6-12,16H,1-5H2,(H2,23,24,28). The molecule has 7 heteroatoms. The van der Waals surface area contributed by atoms with E-state index in [2.05, 4.69) is 10.6 Å². The maximum absolute atomic E-state index is 12.9. The van der Waals surface area contributed by atoms with E-state index in [9.17, 15) is 18.8 Å². The van der Waals surface area contributed by atoms with E-state index in [4.69, 9.17) is 0 Å². The zero-order valence-electron chi connectivity index (χ0n) is 15.2. The first-order chi connectivity index (χ1) is 13.5. The molecular formula is C21H20FN3O3. The largest absolute Gasteiger partial charge is 0.323 e. The summed E-state index contributed by atoms with van der Waals surface area (Å²) in [6.07, 6.45) is 4.87. The molecule has 1 aliphatic carbocycles. The summed E-state index contributed by atoms with van der Waals surface area (Å²) in [6, 6.07) is 9.52. The van der Waals surface area contributed by atoms with Gasteiger partial charge in [0.25, 0.3) is 11.8 Å². The lowest BCUT2D eigenvalue weighted by atomic mass is 9.94. The number of urea groups is 1. The van der Waals surface area contributed by atoms with E-state index in [1.165, 1.54) is 35.2 Å². The number of carbonyl (C=O) groups excluding carboxylic acids is 3. The van der Waals surface area contributed by atoms with Crippen molar-refractivity contribution in [2.24, 2.45) is 0 Å². The van der Waals surface area contributed by atoms with Gasteiger partial charge in [0.05, 0.1) is 11.1 Å². The molecule has 0 spiro atoms. The van der Waals surface area contributed by atoms with Crippen LogP contribution < -0.4 is 10.6 Å². The first-order valence-corrected chi connectivity index (χ1v) is 9.38. The van der Waals surface area contributed by atoms with Crippen LogP contribution in [0, 0.1) is 5.82 Å². The minimum absolute atomic E-state index is 0.0423. The maximum Gasteiger partial charge on any atom is 0.323 e. The van der Waals surface area contributed by atoms with Gasteiger partial charge in [0.1, 0.15) is 5.82 Å². The van der Waals surface area contributed by atoms with Crippen LogP contribution in [0.5, 0.6) is 0 Å². The van der Waals surface area contributed by atoms with Crippen LogP contribution >= 0.6 is 0 Å². The Morgan fingerprint density at radius 1 is 0.857 bits per heavy atom. The highest BCUT2D eigenvalue weighted by Gasteiger charge is 2.40. The zero-order valence-corrected chi connectivity index (χ0v) is 15.2. The number of carbonyl (C=O) groups is 3. The fraction of sp³-hybridized carbons (Fsp3) is 0.286. The molecule has 0 aromatic heterocycles. The second-order valence-corrected chi connectivity index (χ2v) is 7.12. The van der Waals surface area contributed by atoms with Crippen LogP contribution in [0.2, 0.25) is 0 Å². The van der Waals surface area contributed by atoms with Crippen LogP contribution in [-0.2, 0) is 0 Å². The van der Waals surface area contributed by atoms with Crippen molar-refractivity contribution in [3.63, 3.8) is 0 Å². The summed E-state index contributed by atoms with van der Waals surface area (Å²) < 4.78 is 12.9. The lowest BCUT2D eigenvalue weighted by molar-refractivity contribution is 0.0549. The van der Waals surface area contributed by atoms with Crippen molar-refractivity contribution in [3.8, 4) is 0 Å². The number of hydrogen-bond acceptors (Lipinski definition) is 3. The molecule has 0 radical (unpaired) electrons. The van der Waals surface area contributed by atoms with Gasteiger partial charge in [-0.2, -0.15) is 0 Å². The van der Waals surface area contributed by atoms with Crippen molar-refractivity contribution in [1.82, 2.24) is 4.90 Å². The smallest absolute Gasteiger partial charge is 0.308 e. The molecule has 4 rings (SSSR count). The number of rotatable bonds is 3. The summed E-state index contributed by atoms with van der Waals surface area (Å²) in [4.78, 5) is 39.0. The first-order valence-electron chi connectivity index (χ1n) is 9.38. The number of anilines is 2. The van der Waals surface area contributed by atoms with Crippen LogP contribution in [-0.4, -0.2) is 28.8 Å². The lowest BCUT2D eigenvalue weighted by Gasteiger charge is -2.29. The predicted molar refractivity (Wildman–Crippen MR) is 103 cm³/mol. The summed E-state index contributed by atoms with van der Waals surface area (Å²) in [5.74, 6) is -0.945. The van der Waals surface area contributed by atoms with Gasteiger partial charge in [0.15, 0.2) is 0 Å². The third kappa shape index (κ3) is 3.47. The van der Waals surface area contributed by atoms with E-state index in [-0.39, 0.29) is 17.9 Å². The summed E-state index contributed by atoms with van der Waals surface area (Å²) in [5, 5.41) is 5.23. The molecule has 4 amide bonds. The Hall–Kier alpha value is -3.22. The van der Waals surface area contributed by atoms with Crippen LogP contribution in [0.4, 0.5) is 20.6 Å². The van der Waals surface area contributed by atoms with Crippen LogP contribution in [0.15, 0.2) is 42.5 Å². The fourth-order valence-corrected chi connectivity index (χ4v) is 3.83. The van der Waals surface area contributed by atoms with Crippen LogP contribution in [0.1, 0.15) is 52.8 Å². The van der Waals surface area contributed by atoms with Gasteiger partial charge in [0, 0.05) is 17.4 Å². The summed E-state index contributed by atoms with van der Waals surface area (Å²) in [5.41, 5.74) is 1.54. The monoisotopic (exact) mass is 381 g/mol. The van der Waals surface area contributed by atoms with Gasteiger partial charge >= 0.3 is 6.03 Å². The Kier molecular flexibility index (Phi) is 4.81. The van der Waals surface area contributed by atoms with E-state index < -0.39 is 11.8 Å². The molecule has 0 unspecified atom stereocenters. The molecule has 2 aliphatic rings. The van der Waals surface area contributed by atoms with Crippen molar-refractivity contribution < 1.29 is 18.8 Å². The zero-order chi connectivity index (χ0) is 19.7. The second kappa shape index (κ2) is 7.42. The minimum atomic E-state index is -0.521. The number of amides is 4. The molecule has 1 aliphatic heterocycles. The van der Waals surface area contributed by atoms with Crippen LogP contribution in [0.3, 0.4) is 0 Å². The van der Waals surface area contributed by atoms with Gasteiger partial charge in [-0.15, -0.1) is 0 Å². The van der Waals surface area contributed by atoms with E-state index in [0.29, 0.717) is 22.5 Å². The molecule has 1 saturated carbocycles. The van der Waals surface area contributed by atoms with Gasteiger partial charge in [-0.1, -0.05) is 19.3 Å². The predicted octanol–water partition coefficient (Wildman–Crippen LogP) is 4.40. The van der Waals surface area contributed by atoms with Gasteiger partial charge < -0.3 is 10.6 Å². The number of imide groups is 1. The minimum Gasteiger partial charge on any atom is -0.308 e. The van der Waals surface area contributed by atoms with E-state index in [1.54, 1.807) is 12.1 Å². The van der Waals surface area contributed by atoms with Gasteiger partial charge in [-0.05, 0) is 55.3 Å². The molecule has 2 aromatic carbocycles. The normalized spacial score (nSPS) is 16.8. The molecule has 2 aromatic rings. The second-order valence-electron chi connectivity index (χ2n) is 7.12. The molecule has 1 heterocycles. The summed E-state index contributed by atoms with van der Waals surface area (Å²) in [7, 11) is 0. The highest BCUT2D eigenvalue weighted by molar-refractivity contribution is 6.22. The molecule has 1 fully saturated rings. The number of nitrogens with one attached hydrogen (secondary N) is 2. The number of halogens is 1. The van der Waals surface area contributed by atoms with Crippen molar-refractivity contribution in [1.29, 1.82) is 0 Å². The average molecular weight is 381 g/mol. The number of nitrogens with zero attached hydrogens (tertiary/aromatic N) is 1. The van der Waals surface area contributed by atoms with E-state index in [0.717, 1.165) is 32.1 Å². The fourth-order valence-electron chi connectivity index (χ4n) is 3.83. The third-order valence-corrected chi connectivity index (χ3v) is 5.22. The van der Waals surface area contributed by atoms with E-state index >= 15 is 0 Å². The molecule has 0 atom stereocenters. The topological polar surface area (TPSA) is 78.5 Å². The van der Waals surface area contributed by atoms with Crippen molar-refractivity contribution in [3.05, 3.63) is 59.4 Å². The lowest BCUT2D eigenvalue weighted by Crippen LogP contribution is -2.40. The van der Waals surface area contributed by atoms with E-state index in [1.807, 2.05) is 0 Å². The number of benzene rings is 2. The van der Waals surface area contributed by atoms with Gasteiger partial charge in [-0.3, -0.25) is 14.5 Å². The van der Waals surface area contributed by atoms with Crippen LogP contribution in [0.25, 0.3) is 0 Å². The molecule has 2 N–H and O–H groups in total. The SMILES string of the molecule is O=C(Nc1ccc(F)cc1)Nc1ccc2c(c1)C(=O)N(C1CCCCC1)C2=O. The quantitative estimate of drug-likeness (QED) is 0.774. The molecule has 0 bridgehead atoms. The molecule has 144 valence electrons. The van der Waals surface area contributed by atoms with Crippen molar-refractivity contribution >= 4 is 29.2 Å². The first kappa shape index (κ1) is 18.2. The summed E-state index contributed by atoms with van der Waals surface area (Å²) >= 11 is 0. The summed E-state index contributed by atoms with van der Waals surface area (Å²) in [6.45, 7) is 0. The van der Waals surface area contributed by atoms with Gasteiger partial charge in [0.2, 0.25) is 0 Å². The Labute approximate surface area is 161 Å². The number of fused-ring (bicyclic) bond motifs is 1. The van der Waals surface area contributed by atoms with Gasteiger partial charge in [-0.25, -0.2) is 9.18 Å². The van der Waals surface area contributed by atoms with Crippen molar-refractivity contribution in [2.75, 3.05) is 10.6 Å². The highest BCUT2D eigenvalue weighted by Crippen LogP contribution is 2.32. The molecule has 6 nitrogen and oxygen atoms in total. The Morgan fingerprint density at radius 3 is 2.18 bits per heavy atom. The maximum atomic E-state index is 12.9. The molecular weight excluding hydrogens is 361 g/mol. The highest BCUT2D eigenvalue weighted by atomic mass is 19.1. The Morgan fingerprint density at radius 2 is 1.46 bits per heavy atom. The molecule has 0 saturated heterocycles. The van der Waals surface area contributed by atoms with Crippen molar-refractivity contribution in [2.45, 2.75) is 38.1 Å². The molecule has 28 heavy (non-hydrogen) atoms. The Bertz CT molecular complexity index is 936. The Balaban J connectivity index is 1.48. The third-order valence-electron chi connectivity index (χ3n) is 5.22. The average Bonchev–Trinajstić information content (AvgIpc) is 2.94.